The van der Waals surface area contributed by atoms with Gasteiger partial charge >= 0.3 is 0 Å². The molecule has 118 valence electrons. The second kappa shape index (κ2) is 6.45. The first-order valence-corrected chi connectivity index (χ1v) is 9.11. The number of nitrogen functional groups attached to an aromatic ring is 1. The SMILES string of the molecule is CC(C)c1ccc2c(N)c(C(=O)Nc3ccccc3I)sc2n1. The van der Waals surface area contributed by atoms with E-state index in [4.69, 9.17) is 5.73 Å². The molecule has 1 aromatic carbocycles. The van der Waals surface area contributed by atoms with E-state index in [2.05, 4.69) is 46.7 Å². The molecule has 0 spiro atoms. The third-order valence-corrected chi connectivity index (χ3v) is 5.59. The second-order valence-electron chi connectivity index (χ2n) is 5.52. The molecule has 2 aromatic heterocycles. The summed E-state index contributed by atoms with van der Waals surface area (Å²) in [6.45, 7) is 4.19. The molecule has 3 N–H and O–H groups in total. The van der Waals surface area contributed by atoms with Crippen LogP contribution >= 0.6 is 33.9 Å². The van der Waals surface area contributed by atoms with Gasteiger partial charge in [-0.15, -0.1) is 11.3 Å². The predicted molar refractivity (Wildman–Crippen MR) is 105 cm³/mol. The number of pyridine rings is 1. The van der Waals surface area contributed by atoms with E-state index < -0.39 is 0 Å². The Morgan fingerprint density at radius 2 is 2.00 bits per heavy atom. The normalized spacial score (nSPS) is 11.1. The van der Waals surface area contributed by atoms with Crippen molar-refractivity contribution in [1.29, 1.82) is 0 Å². The molecule has 0 aliphatic rings. The van der Waals surface area contributed by atoms with Crippen LogP contribution in [0.4, 0.5) is 11.4 Å². The van der Waals surface area contributed by atoms with Gasteiger partial charge in [-0.25, -0.2) is 4.98 Å². The lowest BCUT2D eigenvalue weighted by Gasteiger charge is -2.06. The lowest BCUT2D eigenvalue weighted by molar-refractivity contribution is 0.103. The quantitative estimate of drug-likeness (QED) is 0.576. The smallest absolute Gasteiger partial charge is 0.267 e. The third kappa shape index (κ3) is 3.18. The highest BCUT2D eigenvalue weighted by Gasteiger charge is 2.18. The fourth-order valence-corrected chi connectivity index (χ4v) is 3.76. The van der Waals surface area contributed by atoms with Crippen molar-refractivity contribution in [1.82, 2.24) is 4.98 Å². The van der Waals surface area contributed by atoms with Crippen LogP contribution in [-0.4, -0.2) is 10.9 Å². The number of fused-ring (bicyclic) bond motifs is 1. The summed E-state index contributed by atoms with van der Waals surface area (Å²) < 4.78 is 0.985. The molecule has 0 unspecified atom stereocenters. The zero-order chi connectivity index (χ0) is 16.6. The monoisotopic (exact) mass is 437 g/mol. The molecule has 3 aromatic rings. The Morgan fingerprint density at radius 3 is 2.70 bits per heavy atom. The van der Waals surface area contributed by atoms with Crippen molar-refractivity contribution in [2.24, 2.45) is 0 Å². The Balaban J connectivity index is 1.97. The van der Waals surface area contributed by atoms with Crippen molar-refractivity contribution in [2.75, 3.05) is 11.1 Å². The Labute approximate surface area is 152 Å². The van der Waals surface area contributed by atoms with E-state index in [1.54, 1.807) is 0 Å². The summed E-state index contributed by atoms with van der Waals surface area (Å²) in [5.74, 6) is 0.145. The van der Waals surface area contributed by atoms with E-state index in [-0.39, 0.29) is 5.91 Å². The molecule has 0 radical (unpaired) electrons. The van der Waals surface area contributed by atoms with Crippen molar-refractivity contribution in [3.05, 3.63) is 50.5 Å². The molecule has 1 amide bonds. The maximum Gasteiger partial charge on any atom is 0.267 e. The maximum atomic E-state index is 12.6. The molecule has 0 fully saturated rings. The molecule has 0 atom stereocenters. The summed E-state index contributed by atoms with van der Waals surface area (Å²) in [6.07, 6.45) is 0. The van der Waals surface area contributed by atoms with Crippen molar-refractivity contribution in [3.63, 3.8) is 0 Å². The van der Waals surface area contributed by atoms with E-state index in [1.807, 2.05) is 36.4 Å². The average molecular weight is 437 g/mol. The zero-order valence-corrected chi connectivity index (χ0v) is 15.7. The summed E-state index contributed by atoms with van der Waals surface area (Å²) in [6, 6.07) is 11.6. The molecule has 0 saturated heterocycles. The molecule has 0 bridgehead atoms. The predicted octanol–water partition coefficient (Wildman–Crippen LogP) is 4.86. The standard InChI is InChI=1S/C17H16IN3OS/c1-9(2)12-8-7-10-14(19)15(23-17(10)21-12)16(22)20-13-6-4-3-5-11(13)18/h3-9H,19H2,1-2H3,(H,20,22). The topological polar surface area (TPSA) is 68.0 Å². The number of halogens is 1. The molecule has 3 rings (SSSR count). The van der Waals surface area contributed by atoms with Crippen LogP contribution < -0.4 is 11.1 Å². The van der Waals surface area contributed by atoms with E-state index in [0.29, 0.717) is 16.5 Å². The lowest BCUT2D eigenvalue weighted by Crippen LogP contribution is -2.12. The number of carbonyl (C=O) groups excluding carboxylic acids is 1. The first kappa shape index (κ1) is 16.2. The highest BCUT2D eigenvalue weighted by molar-refractivity contribution is 14.1. The minimum absolute atomic E-state index is 0.194. The van der Waals surface area contributed by atoms with E-state index >= 15 is 0 Å². The van der Waals surface area contributed by atoms with Crippen LogP contribution in [0.15, 0.2) is 36.4 Å². The molecule has 6 heteroatoms. The summed E-state index contributed by atoms with van der Waals surface area (Å²) in [5, 5.41) is 3.76. The summed E-state index contributed by atoms with van der Waals surface area (Å²) in [7, 11) is 0. The summed E-state index contributed by atoms with van der Waals surface area (Å²) >= 11 is 3.53. The van der Waals surface area contributed by atoms with Crippen LogP contribution in [0.1, 0.15) is 35.1 Å². The number of hydrogen-bond donors (Lipinski definition) is 2. The number of nitrogens with one attached hydrogen (secondary N) is 1. The van der Waals surface area contributed by atoms with Gasteiger partial charge in [0.05, 0.1) is 11.4 Å². The number of nitrogens with two attached hydrogens (primary N) is 1. The number of carbonyl (C=O) groups is 1. The minimum Gasteiger partial charge on any atom is -0.397 e. The highest BCUT2D eigenvalue weighted by Crippen LogP contribution is 2.34. The maximum absolute atomic E-state index is 12.6. The van der Waals surface area contributed by atoms with Gasteiger partial charge < -0.3 is 11.1 Å². The first-order chi connectivity index (χ1) is 11.0. The number of para-hydroxylation sites is 1. The van der Waals surface area contributed by atoms with Crippen molar-refractivity contribution in [2.45, 2.75) is 19.8 Å². The number of hydrogen-bond acceptors (Lipinski definition) is 4. The van der Waals surface area contributed by atoms with Gasteiger partial charge in [-0.3, -0.25) is 4.79 Å². The Hall–Kier alpha value is -1.67. The van der Waals surface area contributed by atoms with Crippen LogP contribution in [0.2, 0.25) is 0 Å². The molecular weight excluding hydrogens is 421 g/mol. The van der Waals surface area contributed by atoms with Crippen molar-refractivity contribution < 1.29 is 4.79 Å². The van der Waals surface area contributed by atoms with Gasteiger partial charge in [-0.2, -0.15) is 0 Å². The number of thiophene rings is 1. The zero-order valence-electron chi connectivity index (χ0n) is 12.8. The summed E-state index contributed by atoms with van der Waals surface area (Å²) in [5.41, 5.74) is 8.45. The van der Waals surface area contributed by atoms with Gasteiger partial charge in [0.2, 0.25) is 0 Å². The second-order valence-corrected chi connectivity index (χ2v) is 7.68. The minimum atomic E-state index is -0.194. The number of rotatable bonds is 3. The molecule has 0 saturated carbocycles. The van der Waals surface area contributed by atoms with Gasteiger partial charge in [0.1, 0.15) is 9.71 Å². The Kier molecular flexibility index (Phi) is 4.54. The first-order valence-electron chi connectivity index (χ1n) is 7.22. The van der Waals surface area contributed by atoms with Crippen LogP contribution in [0.25, 0.3) is 10.2 Å². The van der Waals surface area contributed by atoms with Gasteiger partial charge in [0, 0.05) is 14.7 Å². The third-order valence-electron chi connectivity index (χ3n) is 3.54. The van der Waals surface area contributed by atoms with Gasteiger partial charge in [0.25, 0.3) is 5.91 Å². The number of aromatic nitrogens is 1. The number of nitrogens with zero attached hydrogens (tertiary/aromatic N) is 1. The van der Waals surface area contributed by atoms with E-state index in [9.17, 15) is 4.79 Å². The Bertz CT molecular complexity index is 889. The average Bonchev–Trinajstić information content (AvgIpc) is 2.86. The molecule has 2 heterocycles. The van der Waals surface area contributed by atoms with Crippen LogP contribution in [0.3, 0.4) is 0 Å². The van der Waals surface area contributed by atoms with Crippen LogP contribution in [-0.2, 0) is 0 Å². The van der Waals surface area contributed by atoms with Crippen LogP contribution in [0.5, 0.6) is 0 Å². The fourth-order valence-electron chi connectivity index (χ4n) is 2.24. The number of amides is 1. The van der Waals surface area contributed by atoms with Crippen molar-refractivity contribution in [3.8, 4) is 0 Å². The van der Waals surface area contributed by atoms with E-state index in [1.165, 1.54) is 11.3 Å². The number of benzene rings is 1. The lowest BCUT2D eigenvalue weighted by atomic mass is 10.1. The van der Waals surface area contributed by atoms with Gasteiger partial charge in [-0.1, -0.05) is 26.0 Å². The molecule has 4 nitrogen and oxygen atoms in total. The molecule has 0 aliphatic heterocycles. The van der Waals surface area contributed by atoms with Crippen LogP contribution in [0, 0.1) is 3.57 Å². The molecule has 0 aliphatic carbocycles. The summed E-state index contributed by atoms with van der Waals surface area (Å²) in [4.78, 5) is 18.5. The fraction of sp³-hybridized carbons (Fsp3) is 0.176. The number of anilines is 2. The van der Waals surface area contributed by atoms with E-state index in [0.717, 1.165) is 25.2 Å². The highest BCUT2D eigenvalue weighted by atomic mass is 127. The molecule has 23 heavy (non-hydrogen) atoms. The van der Waals surface area contributed by atoms with Gasteiger partial charge in [-0.05, 0) is 52.8 Å². The Morgan fingerprint density at radius 1 is 1.26 bits per heavy atom. The largest absolute Gasteiger partial charge is 0.397 e. The van der Waals surface area contributed by atoms with Gasteiger partial charge in [0.15, 0.2) is 0 Å². The molecular formula is C17H16IN3OS. The van der Waals surface area contributed by atoms with Crippen molar-refractivity contribution >= 4 is 61.4 Å².